The lowest BCUT2D eigenvalue weighted by molar-refractivity contribution is 0.0903. The molecule has 164 valence electrons. The first-order valence-corrected chi connectivity index (χ1v) is 12.8. The molecule has 0 saturated carbocycles. The number of nitrogens with one attached hydrogen (secondary N) is 1. The fraction of sp³-hybridized carbons (Fsp3) is 0.545. The van der Waals surface area contributed by atoms with Gasteiger partial charge in [0.1, 0.15) is 10.7 Å². The number of piperazine rings is 1. The smallest absolute Gasteiger partial charge is 0.227 e. The Hall–Kier alpha value is -1.90. The molecular formula is C22H26ClN5O2S. The lowest BCUT2D eigenvalue weighted by Crippen LogP contribution is -2.47. The van der Waals surface area contributed by atoms with Gasteiger partial charge in [0, 0.05) is 61.3 Å². The molecule has 1 aromatic carbocycles. The fourth-order valence-electron chi connectivity index (χ4n) is 5.31. The Labute approximate surface area is 189 Å². The molecule has 0 radical (unpaired) electrons. The second-order valence-electron chi connectivity index (χ2n) is 8.80. The van der Waals surface area contributed by atoms with Gasteiger partial charge in [-0.1, -0.05) is 11.6 Å². The molecule has 2 bridgehead atoms. The minimum absolute atomic E-state index is 0.314. The Balaban J connectivity index is 1.26. The van der Waals surface area contributed by atoms with Gasteiger partial charge < -0.3 is 19.9 Å². The molecule has 4 aliphatic rings. The van der Waals surface area contributed by atoms with Crippen molar-refractivity contribution >= 4 is 39.9 Å². The van der Waals surface area contributed by atoms with Crippen LogP contribution in [0.5, 0.6) is 0 Å². The second-order valence-corrected chi connectivity index (χ2v) is 10.7. The first-order valence-electron chi connectivity index (χ1n) is 11.1. The number of fused-ring (bicyclic) bond motifs is 3. The summed E-state index contributed by atoms with van der Waals surface area (Å²) in [6.45, 7) is 3.39. The van der Waals surface area contributed by atoms with Gasteiger partial charge >= 0.3 is 0 Å². The van der Waals surface area contributed by atoms with Crippen LogP contribution in [0.4, 0.5) is 17.5 Å². The number of halogens is 1. The third kappa shape index (κ3) is 3.58. The average molecular weight is 460 g/mol. The summed E-state index contributed by atoms with van der Waals surface area (Å²) in [6.07, 6.45) is 3.77. The molecule has 1 aromatic heterocycles. The van der Waals surface area contributed by atoms with E-state index in [-0.39, 0.29) is 0 Å². The van der Waals surface area contributed by atoms with E-state index in [9.17, 15) is 4.21 Å². The molecule has 7 nitrogen and oxygen atoms in total. The molecule has 3 atom stereocenters. The molecule has 0 amide bonds. The lowest BCUT2D eigenvalue weighted by atomic mass is 10.1. The van der Waals surface area contributed by atoms with Gasteiger partial charge in [0.15, 0.2) is 0 Å². The summed E-state index contributed by atoms with van der Waals surface area (Å²) in [5.74, 6) is 2.21. The van der Waals surface area contributed by atoms with Crippen molar-refractivity contribution in [1.82, 2.24) is 9.97 Å². The van der Waals surface area contributed by atoms with Crippen LogP contribution in [0, 0.1) is 0 Å². The quantitative estimate of drug-likeness (QED) is 0.753. The molecular weight excluding hydrogens is 434 g/mol. The van der Waals surface area contributed by atoms with Crippen molar-refractivity contribution in [3.8, 4) is 0 Å². The number of ether oxygens (including phenoxy) is 1. The number of rotatable bonds is 4. The van der Waals surface area contributed by atoms with Crippen LogP contribution in [-0.4, -0.2) is 64.4 Å². The average Bonchev–Trinajstić information content (AvgIpc) is 3.49. The highest BCUT2D eigenvalue weighted by atomic mass is 35.5. The Kier molecular flexibility index (Phi) is 5.04. The summed E-state index contributed by atoms with van der Waals surface area (Å²) in [6, 6.07) is 9.27. The van der Waals surface area contributed by atoms with Crippen LogP contribution in [-0.2, 0) is 22.0 Å². The zero-order chi connectivity index (χ0) is 20.9. The largest absolute Gasteiger partial charge is 0.381 e. The van der Waals surface area contributed by atoms with E-state index in [4.69, 9.17) is 26.3 Å². The normalized spacial score (nSPS) is 27.7. The highest BCUT2D eigenvalue weighted by Gasteiger charge is 2.45. The Morgan fingerprint density at radius 2 is 1.81 bits per heavy atom. The topological polar surface area (TPSA) is 70.6 Å². The summed E-state index contributed by atoms with van der Waals surface area (Å²) in [5.41, 5.74) is 2.18. The molecule has 5 heterocycles. The van der Waals surface area contributed by atoms with Gasteiger partial charge in [0.05, 0.1) is 22.5 Å². The molecule has 3 saturated heterocycles. The summed E-state index contributed by atoms with van der Waals surface area (Å²) >= 11 is 6.06. The predicted octanol–water partition coefficient (Wildman–Crippen LogP) is 2.85. The monoisotopic (exact) mass is 459 g/mol. The molecule has 6 rings (SSSR count). The van der Waals surface area contributed by atoms with E-state index in [1.54, 1.807) is 0 Å². The van der Waals surface area contributed by atoms with Gasteiger partial charge in [-0.25, -0.2) is 4.98 Å². The van der Waals surface area contributed by atoms with E-state index in [1.165, 1.54) is 5.69 Å². The minimum atomic E-state index is -1.01. The van der Waals surface area contributed by atoms with Gasteiger partial charge in [-0.05, 0) is 43.5 Å². The third-order valence-corrected chi connectivity index (χ3v) is 8.60. The number of aromatic nitrogens is 2. The van der Waals surface area contributed by atoms with Crippen molar-refractivity contribution < 1.29 is 8.95 Å². The van der Waals surface area contributed by atoms with E-state index in [1.807, 2.05) is 12.1 Å². The summed E-state index contributed by atoms with van der Waals surface area (Å²) < 4.78 is 18.1. The van der Waals surface area contributed by atoms with Crippen molar-refractivity contribution in [3.05, 3.63) is 35.0 Å². The Morgan fingerprint density at radius 1 is 1.06 bits per heavy atom. The fourth-order valence-corrected chi connectivity index (χ4v) is 6.75. The molecule has 0 aliphatic carbocycles. The summed E-state index contributed by atoms with van der Waals surface area (Å²) in [5, 5.41) is 4.35. The van der Waals surface area contributed by atoms with Gasteiger partial charge in [0.2, 0.25) is 5.95 Å². The number of hydrogen-bond acceptors (Lipinski definition) is 7. The van der Waals surface area contributed by atoms with Gasteiger partial charge in [-0.3, -0.25) is 4.21 Å². The van der Waals surface area contributed by atoms with Crippen molar-refractivity contribution in [1.29, 1.82) is 0 Å². The first kappa shape index (κ1) is 19.8. The van der Waals surface area contributed by atoms with E-state index in [0.717, 1.165) is 79.4 Å². The Bertz CT molecular complexity index is 1010. The van der Waals surface area contributed by atoms with E-state index >= 15 is 0 Å². The number of anilines is 3. The zero-order valence-electron chi connectivity index (χ0n) is 17.3. The standard InChI is InChI=1S/C22H26ClN5O2S/c23-14-1-3-16(4-2-14)27-12-18-11-17(27)13-28(18)22-25-19-7-10-31(29)20(19)21(26-22)24-15-5-8-30-9-6-15/h1-4,15,17-18H,5-13H2,(H,24,25,26). The maximum atomic E-state index is 12.6. The summed E-state index contributed by atoms with van der Waals surface area (Å²) in [4.78, 5) is 15.5. The van der Waals surface area contributed by atoms with Crippen LogP contribution in [0.25, 0.3) is 0 Å². The molecule has 0 spiro atoms. The Morgan fingerprint density at radius 3 is 2.55 bits per heavy atom. The van der Waals surface area contributed by atoms with E-state index in [2.05, 4.69) is 27.2 Å². The number of aryl methyl sites for hydroxylation is 1. The van der Waals surface area contributed by atoms with Gasteiger partial charge in [0.25, 0.3) is 0 Å². The molecule has 9 heteroatoms. The molecule has 1 N–H and O–H groups in total. The van der Waals surface area contributed by atoms with Crippen LogP contribution in [0.2, 0.25) is 5.02 Å². The van der Waals surface area contributed by atoms with Gasteiger partial charge in [-0.2, -0.15) is 4.98 Å². The van der Waals surface area contributed by atoms with Crippen molar-refractivity contribution in [3.63, 3.8) is 0 Å². The molecule has 3 unspecified atom stereocenters. The predicted molar refractivity (Wildman–Crippen MR) is 123 cm³/mol. The molecule has 31 heavy (non-hydrogen) atoms. The van der Waals surface area contributed by atoms with Crippen LogP contribution in [0.3, 0.4) is 0 Å². The van der Waals surface area contributed by atoms with Crippen LogP contribution < -0.4 is 15.1 Å². The SMILES string of the molecule is O=S1CCc2nc(N3CC4CC3CN4c3ccc(Cl)cc3)nc(NC3CCOCC3)c21. The minimum Gasteiger partial charge on any atom is -0.381 e. The van der Waals surface area contributed by atoms with E-state index in [0.29, 0.717) is 23.9 Å². The third-order valence-electron chi connectivity index (χ3n) is 6.89. The number of nitrogens with zero attached hydrogens (tertiary/aromatic N) is 4. The van der Waals surface area contributed by atoms with Crippen LogP contribution in [0.1, 0.15) is 25.0 Å². The van der Waals surface area contributed by atoms with Crippen molar-refractivity contribution in [2.45, 2.75) is 48.7 Å². The highest BCUT2D eigenvalue weighted by molar-refractivity contribution is 7.85. The van der Waals surface area contributed by atoms with Crippen molar-refractivity contribution in [2.75, 3.05) is 47.2 Å². The van der Waals surface area contributed by atoms with Gasteiger partial charge in [-0.15, -0.1) is 0 Å². The highest BCUT2D eigenvalue weighted by Crippen LogP contribution is 2.38. The van der Waals surface area contributed by atoms with Crippen LogP contribution >= 0.6 is 11.6 Å². The zero-order valence-corrected chi connectivity index (χ0v) is 18.9. The second kappa shape index (κ2) is 7.90. The molecule has 3 fully saturated rings. The molecule has 4 aliphatic heterocycles. The summed E-state index contributed by atoms with van der Waals surface area (Å²) in [7, 11) is -1.01. The first-order chi connectivity index (χ1) is 15.2. The van der Waals surface area contributed by atoms with Crippen LogP contribution in [0.15, 0.2) is 29.2 Å². The molecule has 2 aromatic rings. The van der Waals surface area contributed by atoms with Crippen molar-refractivity contribution in [2.24, 2.45) is 0 Å². The number of hydrogen-bond donors (Lipinski definition) is 1. The van der Waals surface area contributed by atoms with E-state index < -0.39 is 10.8 Å². The maximum Gasteiger partial charge on any atom is 0.227 e. The lowest BCUT2D eigenvalue weighted by Gasteiger charge is -2.36. The number of benzene rings is 1. The maximum absolute atomic E-state index is 12.6.